The van der Waals surface area contributed by atoms with Crippen LogP contribution in [0.5, 0.6) is 0 Å². The highest BCUT2D eigenvalue weighted by Gasteiger charge is 2.30. The van der Waals surface area contributed by atoms with Crippen LogP contribution < -0.4 is 11.2 Å². The molecule has 1 rings (SSSR count). The Balaban J connectivity index is 0. The van der Waals surface area contributed by atoms with Gasteiger partial charge in [-0.1, -0.05) is 19.9 Å². The maximum Gasteiger partial charge on any atom is 0.262 e. The largest absolute Gasteiger partial charge is 0.340 e. The van der Waals surface area contributed by atoms with Crippen molar-refractivity contribution in [3.05, 3.63) is 12.7 Å². The summed E-state index contributed by atoms with van der Waals surface area (Å²) in [6.45, 7) is 10.3. The van der Waals surface area contributed by atoms with Gasteiger partial charge < -0.3 is 10.6 Å². The summed E-state index contributed by atoms with van der Waals surface area (Å²) in [5, 5.41) is 0. The molecule has 0 bridgehead atoms. The Morgan fingerprint density at radius 1 is 1.26 bits per heavy atom. The van der Waals surface area contributed by atoms with E-state index in [1.54, 1.807) is 6.08 Å². The summed E-state index contributed by atoms with van der Waals surface area (Å²) < 4.78 is 0. The van der Waals surface area contributed by atoms with Crippen molar-refractivity contribution in [3.8, 4) is 0 Å². The number of hydroxylamine groups is 1. The standard InChI is InChI=1S/C14H26N4O3.2ClH/c1-4-9-21-16-13(19)12(10-15)17-5-7-18(8-6-17)14(20)11(2)3;;/h4,11-12H,1,5-10,15H2,2-3H3,(H,16,19);2*1H/t12-;;/m0../s1. The van der Waals surface area contributed by atoms with E-state index in [2.05, 4.69) is 12.1 Å². The van der Waals surface area contributed by atoms with Gasteiger partial charge in [0, 0.05) is 38.6 Å². The second-order valence-electron chi connectivity index (χ2n) is 5.33. The molecule has 0 aromatic rings. The Morgan fingerprint density at radius 2 is 1.83 bits per heavy atom. The molecule has 3 N–H and O–H groups in total. The fourth-order valence-corrected chi connectivity index (χ4v) is 2.28. The number of hydrogen-bond donors (Lipinski definition) is 2. The average molecular weight is 371 g/mol. The Morgan fingerprint density at radius 3 is 2.26 bits per heavy atom. The molecule has 0 aliphatic carbocycles. The third kappa shape index (κ3) is 7.50. The molecule has 1 heterocycles. The Hall–Kier alpha value is -0.860. The number of nitrogens with zero attached hydrogens (tertiary/aromatic N) is 2. The quantitative estimate of drug-likeness (QED) is 0.379. The lowest BCUT2D eigenvalue weighted by Crippen LogP contribution is -2.58. The first-order valence-corrected chi connectivity index (χ1v) is 7.26. The van der Waals surface area contributed by atoms with Crippen molar-refractivity contribution < 1.29 is 14.4 Å². The number of carbonyl (C=O) groups excluding carboxylic acids is 2. The van der Waals surface area contributed by atoms with E-state index in [1.165, 1.54) is 0 Å². The fraction of sp³-hybridized carbons (Fsp3) is 0.714. The highest BCUT2D eigenvalue weighted by molar-refractivity contribution is 5.85. The molecular weight excluding hydrogens is 343 g/mol. The minimum absolute atomic E-state index is 0. The van der Waals surface area contributed by atoms with Crippen molar-refractivity contribution in [1.82, 2.24) is 15.3 Å². The molecule has 0 aromatic carbocycles. The molecule has 136 valence electrons. The van der Waals surface area contributed by atoms with E-state index < -0.39 is 6.04 Å². The number of amides is 2. The molecule has 1 fully saturated rings. The zero-order chi connectivity index (χ0) is 15.8. The number of piperazine rings is 1. The molecule has 23 heavy (non-hydrogen) atoms. The highest BCUT2D eigenvalue weighted by Crippen LogP contribution is 2.09. The maximum atomic E-state index is 12.0. The van der Waals surface area contributed by atoms with Gasteiger partial charge in [-0.25, -0.2) is 5.48 Å². The molecule has 1 aliphatic rings. The Bertz CT molecular complexity index is 375. The van der Waals surface area contributed by atoms with Crippen LogP contribution in [0.2, 0.25) is 0 Å². The van der Waals surface area contributed by atoms with E-state index in [1.807, 2.05) is 23.6 Å². The first kappa shape index (κ1) is 24.4. The molecule has 0 radical (unpaired) electrons. The predicted molar refractivity (Wildman–Crippen MR) is 94.6 cm³/mol. The van der Waals surface area contributed by atoms with Crippen molar-refractivity contribution in [2.75, 3.05) is 39.3 Å². The van der Waals surface area contributed by atoms with Crippen LogP contribution in [0.15, 0.2) is 12.7 Å². The van der Waals surface area contributed by atoms with Crippen molar-refractivity contribution in [2.45, 2.75) is 19.9 Å². The lowest BCUT2D eigenvalue weighted by molar-refractivity contribution is -0.141. The van der Waals surface area contributed by atoms with Crippen LogP contribution in [0.4, 0.5) is 0 Å². The van der Waals surface area contributed by atoms with Gasteiger partial charge in [-0.3, -0.25) is 19.3 Å². The number of halogens is 2. The lowest BCUT2D eigenvalue weighted by atomic mass is 10.1. The second kappa shape index (κ2) is 12.5. The molecule has 1 saturated heterocycles. The van der Waals surface area contributed by atoms with E-state index in [9.17, 15) is 9.59 Å². The third-order valence-electron chi connectivity index (χ3n) is 3.46. The summed E-state index contributed by atoms with van der Waals surface area (Å²) in [6, 6.07) is -0.439. The third-order valence-corrected chi connectivity index (χ3v) is 3.46. The minimum atomic E-state index is -0.439. The smallest absolute Gasteiger partial charge is 0.262 e. The first-order chi connectivity index (χ1) is 10.0. The van der Waals surface area contributed by atoms with Crippen molar-refractivity contribution in [1.29, 1.82) is 0 Å². The van der Waals surface area contributed by atoms with Gasteiger partial charge in [-0.2, -0.15) is 0 Å². The van der Waals surface area contributed by atoms with Gasteiger partial charge >= 0.3 is 0 Å². The van der Waals surface area contributed by atoms with Gasteiger partial charge in [-0.05, 0) is 0 Å². The van der Waals surface area contributed by atoms with Gasteiger partial charge in [0.2, 0.25) is 5.91 Å². The van der Waals surface area contributed by atoms with E-state index >= 15 is 0 Å². The topological polar surface area (TPSA) is 87.9 Å². The summed E-state index contributed by atoms with van der Waals surface area (Å²) in [6.07, 6.45) is 1.55. The normalized spacial score (nSPS) is 16.1. The highest BCUT2D eigenvalue weighted by atomic mass is 35.5. The molecule has 9 heteroatoms. The number of rotatable bonds is 7. The van der Waals surface area contributed by atoms with Crippen LogP contribution in [0, 0.1) is 5.92 Å². The van der Waals surface area contributed by atoms with Gasteiger partial charge in [0.1, 0.15) is 6.04 Å². The molecule has 2 amide bonds. The maximum absolute atomic E-state index is 12.0. The van der Waals surface area contributed by atoms with Crippen molar-refractivity contribution in [3.63, 3.8) is 0 Å². The van der Waals surface area contributed by atoms with Gasteiger partial charge in [0.15, 0.2) is 0 Å². The van der Waals surface area contributed by atoms with E-state index in [-0.39, 0.29) is 55.7 Å². The van der Waals surface area contributed by atoms with Crippen LogP contribution >= 0.6 is 24.8 Å². The fourth-order valence-electron chi connectivity index (χ4n) is 2.28. The van der Waals surface area contributed by atoms with E-state index in [4.69, 9.17) is 10.6 Å². The van der Waals surface area contributed by atoms with Gasteiger partial charge in [0.25, 0.3) is 5.91 Å². The number of carbonyl (C=O) groups is 2. The van der Waals surface area contributed by atoms with Gasteiger partial charge in [-0.15, -0.1) is 31.4 Å². The minimum Gasteiger partial charge on any atom is -0.340 e. The Labute approximate surface area is 150 Å². The summed E-state index contributed by atoms with van der Waals surface area (Å²) in [5.41, 5.74) is 8.06. The summed E-state index contributed by atoms with van der Waals surface area (Å²) in [4.78, 5) is 32.7. The molecule has 0 aromatic heterocycles. The SMILES string of the molecule is C=CCONC(=O)[C@H](CN)N1CCN(C(=O)C(C)C)CC1.Cl.Cl. The summed E-state index contributed by atoms with van der Waals surface area (Å²) >= 11 is 0. The molecule has 1 atom stereocenters. The van der Waals surface area contributed by atoms with Crippen molar-refractivity contribution >= 4 is 36.6 Å². The monoisotopic (exact) mass is 370 g/mol. The zero-order valence-electron chi connectivity index (χ0n) is 13.7. The van der Waals surface area contributed by atoms with Crippen LogP contribution in [0.3, 0.4) is 0 Å². The van der Waals surface area contributed by atoms with Crippen molar-refractivity contribution in [2.24, 2.45) is 11.7 Å². The van der Waals surface area contributed by atoms with Crippen LogP contribution in [-0.4, -0.2) is 67.0 Å². The van der Waals surface area contributed by atoms with Crippen LogP contribution in [-0.2, 0) is 14.4 Å². The number of nitrogens with two attached hydrogens (primary N) is 1. The second-order valence-corrected chi connectivity index (χ2v) is 5.33. The van der Waals surface area contributed by atoms with E-state index in [0.717, 1.165) is 0 Å². The molecule has 0 saturated carbocycles. The first-order valence-electron chi connectivity index (χ1n) is 7.26. The molecule has 0 unspecified atom stereocenters. The molecular formula is C14H28Cl2N4O3. The molecule has 0 spiro atoms. The molecule has 7 nitrogen and oxygen atoms in total. The molecule has 1 aliphatic heterocycles. The predicted octanol–water partition coefficient (Wildman–Crippen LogP) is 0.191. The summed E-state index contributed by atoms with van der Waals surface area (Å²) in [7, 11) is 0. The van der Waals surface area contributed by atoms with E-state index in [0.29, 0.717) is 26.2 Å². The zero-order valence-corrected chi connectivity index (χ0v) is 15.3. The van der Waals surface area contributed by atoms with Crippen LogP contribution in [0.1, 0.15) is 13.8 Å². The lowest BCUT2D eigenvalue weighted by Gasteiger charge is -2.38. The number of nitrogens with one attached hydrogen (secondary N) is 1. The summed E-state index contributed by atoms with van der Waals surface area (Å²) in [5.74, 6) is -0.113. The Kier molecular flexibility index (Phi) is 13.3. The van der Waals surface area contributed by atoms with Crippen LogP contribution in [0.25, 0.3) is 0 Å². The average Bonchev–Trinajstić information content (AvgIpc) is 2.48. The van der Waals surface area contributed by atoms with Gasteiger partial charge in [0.05, 0.1) is 6.61 Å². The number of hydrogen-bond acceptors (Lipinski definition) is 5.